The molecule has 0 aliphatic carbocycles. The second-order valence-electron chi connectivity index (χ2n) is 17.5. The number of carbonyl (C=O) groups is 2. The smallest absolute Gasteiger partial charge is 0.462 e. The summed E-state index contributed by atoms with van der Waals surface area (Å²) < 4.78 is 34.4. The molecule has 10 heteroatoms. The molecule has 0 fully saturated rings. The molecule has 0 saturated heterocycles. The molecular formula is C48H93NO8P+. The second kappa shape index (κ2) is 40.9. The molecule has 0 aromatic carbocycles. The van der Waals surface area contributed by atoms with Crippen LogP contribution in [0.3, 0.4) is 0 Å². The summed E-state index contributed by atoms with van der Waals surface area (Å²) in [5.41, 5.74) is 0. The lowest BCUT2D eigenvalue weighted by atomic mass is 10.0. The SMILES string of the molecule is CCCCCCC/C=C\C/C=C\CCCCCCCCCCCC(=O)OC(COC(=O)CCCCCCCCCCCCCCC)COP(=O)(O)OCC[N+](C)(C)C. The van der Waals surface area contributed by atoms with Crippen molar-refractivity contribution in [3.8, 4) is 0 Å². The first-order valence-corrected chi connectivity index (χ1v) is 25.6. The molecule has 0 aromatic rings. The largest absolute Gasteiger partial charge is 0.472 e. The van der Waals surface area contributed by atoms with Crippen LogP contribution in [0.15, 0.2) is 24.3 Å². The first-order chi connectivity index (χ1) is 28.0. The van der Waals surface area contributed by atoms with Gasteiger partial charge in [-0.3, -0.25) is 18.6 Å². The van der Waals surface area contributed by atoms with Crippen molar-refractivity contribution in [2.75, 3.05) is 47.5 Å². The van der Waals surface area contributed by atoms with E-state index in [4.69, 9.17) is 18.5 Å². The van der Waals surface area contributed by atoms with Crippen molar-refractivity contribution in [2.24, 2.45) is 0 Å². The molecular weight excluding hydrogens is 750 g/mol. The quantitative estimate of drug-likeness (QED) is 0.0212. The van der Waals surface area contributed by atoms with Crippen LogP contribution in [0.5, 0.6) is 0 Å². The molecule has 2 unspecified atom stereocenters. The third kappa shape index (κ3) is 44.1. The van der Waals surface area contributed by atoms with Gasteiger partial charge in [-0.1, -0.05) is 186 Å². The molecule has 58 heavy (non-hydrogen) atoms. The van der Waals surface area contributed by atoms with Crippen molar-refractivity contribution in [1.29, 1.82) is 0 Å². The Kier molecular flexibility index (Phi) is 39.8. The molecule has 1 N–H and O–H groups in total. The summed E-state index contributed by atoms with van der Waals surface area (Å²) in [6.45, 7) is 4.43. The van der Waals surface area contributed by atoms with Crippen molar-refractivity contribution in [2.45, 2.75) is 225 Å². The zero-order chi connectivity index (χ0) is 42.8. The molecule has 0 amide bonds. The van der Waals surface area contributed by atoms with Crippen LogP contribution < -0.4 is 0 Å². The summed E-state index contributed by atoms with van der Waals surface area (Å²) in [5.74, 6) is -0.794. The van der Waals surface area contributed by atoms with Gasteiger partial charge in [0.2, 0.25) is 0 Å². The Morgan fingerprint density at radius 3 is 1.36 bits per heavy atom. The zero-order valence-electron chi connectivity index (χ0n) is 38.5. The highest BCUT2D eigenvalue weighted by Gasteiger charge is 2.27. The number of allylic oxidation sites excluding steroid dienone is 4. The topological polar surface area (TPSA) is 108 Å². The van der Waals surface area contributed by atoms with E-state index >= 15 is 0 Å². The van der Waals surface area contributed by atoms with E-state index in [-0.39, 0.29) is 25.6 Å². The maximum atomic E-state index is 12.7. The number of carbonyl (C=O) groups excluding carboxylic acids is 2. The number of likely N-dealkylation sites (N-methyl/N-ethyl adjacent to an activating group) is 1. The summed E-state index contributed by atoms with van der Waals surface area (Å²) in [5, 5.41) is 0. The molecule has 0 aliphatic heterocycles. The Morgan fingerprint density at radius 2 is 0.931 bits per heavy atom. The number of hydrogen-bond donors (Lipinski definition) is 1. The molecule has 0 rings (SSSR count). The molecule has 0 heterocycles. The van der Waals surface area contributed by atoms with Crippen LogP contribution in [0.25, 0.3) is 0 Å². The van der Waals surface area contributed by atoms with Crippen LogP contribution in [-0.4, -0.2) is 74.9 Å². The maximum Gasteiger partial charge on any atom is 0.472 e. The van der Waals surface area contributed by atoms with Gasteiger partial charge in [-0.05, 0) is 44.9 Å². The Bertz CT molecular complexity index is 1040. The molecule has 0 saturated carbocycles. The van der Waals surface area contributed by atoms with E-state index in [1.165, 1.54) is 141 Å². The van der Waals surface area contributed by atoms with Gasteiger partial charge in [0.1, 0.15) is 19.8 Å². The van der Waals surface area contributed by atoms with Crippen LogP contribution >= 0.6 is 7.82 Å². The number of esters is 2. The molecule has 2 atom stereocenters. The minimum absolute atomic E-state index is 0.0328. The highest BCUT2D eigenvalue weighted by atomic mass is 31.2. The number of quaternary nitrogens is 1. The van der Waals surface area contributed by atoms with Crippen LogP contribution in [0.1, 0.15) is 219 Å². The number of hydrogen-bond acceptors (Lipinski definition) is 7. The van der Waals surface area contributed by atoms with Gasteiger partial charge in [-0.25, -0.2) is 4.57 Å². The summed E-state index contributed by atoms with van der Waals surface area (Å²) >= 11 is 0. The highest BCUT2D eigenvalue weighted by Crippen LogP contribution is 2.43. The van der Waals surface area contributed by atoms with Gasteiger partial charge in [-0.15, -0.1) is 0 Å². The number of ether oxygens (including phenoxy) is 2. The van der Waals surface area contributed by atoms with Crippen molar-refractivity contribution in [3.63, 3.8) is 0 Å². The summed E-state index contributed by atoms with van der Waals surface area (Å²) in [7, 11) is 1.48. The van der Waals surface area contributed by atoms with Gasteiger partial charge in [0, 0.05) is 12.8 Å². The van der Waals surface area contributed by atoms with E-state index in [9.17, 15) is 19.0 Å². The van der Waals surface area contributed by atoms with Crippen molar-refractivity contribution in [3.05, 3.63) is 24.3 Å². The molecule has 9 nitrogen and oxygen atoms in total. The Labute approximate surface area is 358 Å². The fourth-order valence-corrected chi connectivity index (χ4v) is 7.43. The van der Waals surface area contributed by atoms with Crippen LogP contribution in [0.4, 0.5) is 0 Å². The lowest BCUT2D eigenvalue weighted by Gasteiger charge is -2.24. The standard InChI is InChI=1S/C48H92NO8P/c1-6-8-10-12-14-16-18-20-21-22-23-24-25-26-27-29-31-33-35-37-39-41-48(51)57-46(45-56-58(52,53)55-43-42-49(3,4)5)44-54-47(50)40-38-36-34-32-30-28-19-17-15-13-11-9-7-2/h18,20,22-23,46H,6-17,19,21,24-45H2,1-5H3/p+1/b20-18-,23-22-. The van der Waals surface area contributed by atoms with Gasteiger partial charge < -0.3 is 18.9 Å². The Hall–Kier alpha value is -1.51. The zero-order valence-corrected chi connectivity index (χ0v) is 39.4. The Morgan fingerprint density at radius 1 is 0.534 bits per heavy atom. The first kappa shape index (κ1) is 56.5. The van der Waals surface area contributed by atoms with Crippen LogP contribution in [0.2, 0.25) is 0 Å². The number of rotatable bonds is 44. The lowest BCUT2D eigenvalue weighted by Crippen LogP contribution is -2.37. The monoisotopic (exact) mass is 843 g/mol. The van der Waals surface area contributed by atoms with E-state index in [1.807, 2.05) is 21.1 Å². The van der Waals surface area contributed by atoms with Crippen LogP contribution in [0, 0.1) is 0 Å². The lowest BCUT2D eigenvalue weighted by molar-refractivity contribution is -0.870. The fourth-order valence-electron chi connectivity index (χ4n) is 6.69. The van der Waals surface area contributed by atoms with E-state index < -0.39 is 26.5 Å². The van der Waals surface area contributed by atoms with Gasteiger partial charge in [0.25, 0.3) is 0 Å². The Balaban J connectivity index is 4.26. The predicted octanol–water partition coefficient (Wildman–Crippen LogP) is 13.9. The third-order valence-electron chi connectivity index (χ3n) is 10.5. The second-order valence-corrected chi connectivity index (χ2v) is 19.0. The average molecular weight is 843 g/mol. The summed E-state index contributed by atoms with van der Waals surface area (Å²) in [6.07, 6.45) is 45.1. The molecule has 0 radical (unpaired) electrons. The molecule has 342 valence electrons. The van der Waals surface area contributed by atoms with E-state index in [1.54, 1.807) is 0 Å². The number of phosphoric acid groups is 1. The van der Waals surface area contributed by atoms with E-state index in [0.717, 1.165) is 44.9 Å². The molecule has 0 aliphatic rings. The van der Waals surface area contributed by atoms with Gasteiger partial charge in [-0.2, -0.15) is 0 Å². The summed E-state index contributed by atoms with van der Waals surface area (Å²) in [6, 6.07) is 0. The number of phosphoric ester groups is 1. The van der Waals surface area contributed by atoms with Gasteiger partial charge >= 0.3 is 19.8 Å². The number of unbranched alkanes of at least 4 members (excludes halogenated alkanes) is 26. The third-order valence-corrected chi connectivity index (χ3v) is 11.5. The van der Waals surface area contributed by atoms with Crippen molar-refractivity contribution < 1.29 is 42.1 Å². The van der Waals surface area contributed by atoms with E-state index in [0.29, 0.717) is 23.9 Å². The van der Waals surface area contributed by atoms with Crippen LogP contribution in [-0.2, 0) is 32.7 Å². The van der Waals surface area contributed by atoms with Crippen molar-refractivity contribution in [1.82, 2.24) is 0 Å². The van der Waals surface area contributed by atoms with Gasteiger partial charge in [0.05, 0.1) is 27.7 Å². The first-order valence-electron chi connectivity index (χ1n) is 24.1. The number of nitrogens with zero attached hydrogens (tertiary/aromatic N) is 1. The molecule has 0 spiro atoms. The minimum Gasteiger partial charge on any atom is -0.462 e. The fraction of sp³-hybridized carbons (Fsp3) is 0.875. The highest BCUT2D eigenvalue weighted by molar-refractivity contribution is 7.47. The molecule has 0 aromatic heterocycles. The summed E-state index contributed by atoms with van der Waals surface area (Å²) in [4.78, 5) is 35.4. The van der Waals surface area contributed by atoms with E-state index in [2.05, 4.69) is 38.2 Å². The predicted molar refractivity (Wildman–Crippen MR) is 243 cm³/mol. The van der Waals surface area contributed by atoms with Crippen molar-refractivity contribution >= 4 is 19.8 Å². The minimum atomic E-state index is -4.37. The molecule has 0 bridgehead atoms. The van der Waals surface area contributed by atoms with Gasteiger partial charge in [0.15, 0.2) is 6.10 Å². The average Bonchev–Trinajstić information content (AvgIpc) is 3.17. The maximum absolute atomic E-state index is 12.7. The normalized spacial score (nSPS) is 13.7.